The molecule has 4 aromatic rings. The van der Waals surface area contributed by atoms with E-state index in [-0.39, 0.29) is 15.6 Å². The van der Waals surface area contributed by atoms with E-state index in [1.807, 2.05) is 30.3 Å². The Hall–Kier alpha value is -3.37. The van der Waals surface area contributed by atoms with Crippen LogP contribution in [0, 0.1) is 11.6 Å². The smallest absolute Gasteiger partial charge is 0.274 e. The molecular weight excluding hydrogens is 400 g/mol. The van der Waals surface area contributed by atoms with Crippen LogP contribution in [0.25, 0.3) is 22.4 Å². The van der Waals surface area contributed by atoms with E-state index in [4.69, 9.17) is 5.21 Å². The second-order valence-corrected chi connectivity index (χ2v) is 7.04. The maximum Gasteiger partial charge on any atom is 0.274 e. The molecule has 4 rings (SSSR count). The first kappa shape index (κ1) is 19.0. The van der Waals surface area contributed by atoms with Gasteiger partial charge in [0.25, 0.3) is 5.91 Å². The summed E-state index contributed by atoms with van der Waals surface area (Å²) in [6.45, 7) is 0. The first-order valence-electron chi connectivity index (χ1n) is 8.35. The van der Waals surface area contributed by atoms with Crippen LogP contribution >= 0.6 is 11.8 Å². The number of carbonyl (C=O) groups excluding carboxylic acids is 1. The van der Waals surface area contributed by atoms with Crippen LogP contribution in [0.5, 0.6) is 0 Å². The summed E-state index contributed by atoms with van der Waals surface area (Å²) in [6.07, 6.45) is 0. The predicted octanol–water partition coefficient (Wildman–Crippen LogP) is 3.58. The van der Waals surface area contributed by atoms with Crippen molar-refractivity contribution in [1.29, 1.82) is 0 Å². The molecule has 0 unspecified atom stereocenters. The minimum absolute atomic E-state index is 0.243. The van der Waals surface area contributed by atoms with Gasteiger partial charge >= 0.3 is 0 Å². The minimum atomic E-state index is -1.01. The second-order valence-electron chi connectivity index (χ2n) is 6.07. The summed E-state index contributed by atoms with van der Waals surface area (Å²) in [5.74, 6) is -2.48. The number of aromatic nitrogens is 4. The number of halogens is 2. The van der Waals surface area contributed by atoms with E-state index in [1.165, 1.54) is 5.48 Å². The molecule has 0 bridgehead atoms. The van der Waals surface area contributed by atoms with Gasteiger partial charge in [0.2, 0.25) is 0 Å². The molecule has 0 fully saturated rings. The molecule has 0 aliphatic rings. The van der Waals surface area contributed by atoms with Gasteiger partial charge < -0.3 is 4.57 Å². The van der Waals surface area contributed by atoms with Gasteiger partial charge in [-0.25, -0.2) is 19.2 Å². The Morgan fingerprint density at radius 3 is 2.55 bits per heavy atom. The molecule has 0 saturated heterocycles. The van der Waals surface area contributed by atoms with E-state index in [1.54, 1.807) is 17.7 Å². The van der Waals surface area contributed by atoms with Gasteiger partial charge in [0.05, 0.1) is 10.4 Å². The maximum absolute atomic E-state index is 14.3. The number of carbonyl (C=O) groups is 1. The highest BCUT2D eigenvalue weighted by atomic mass is 32.2. The van der Waals surface area contributed by atoms with Crippen molar-refractivity contribution in [2.24, 2.45) is 7.05 Å². The van der Waals surface area contributed by atoms with Gasteiger partial charge in [-0.1, -0.05) is 24.3 Å². The summed E-state index contributed by atoms with van der Waals surface area (Å²) >= 11 is 0.732. The highest BCUT2D eigenvalue weighted by molar-refractivity contribution is 7.99. The zero-order valence-corrected chi connectivity index (χ0v) is 15.7. The van der Waals surface area contributed by atoms with Crippen LogP contribution in [-0.4, -0.2) is 30.9 Å². The predicted molar refractivity (Wildman–Crippen MR) is 101 cm³/mol. The Morgan fingerprint density at radius 2 is 1.83 bits per heavy atom. The van der Waals surface area contributed by atoms with Crippen molar-refractivity contribution in [2.45, 2.75) is 10.1 Å². The monoisotopic (exact) mass is 413 g/mol. The van der Waals surface area contributed by atoms with Crippen molar-refractivity contribution in [3.05, 3.63) is 65.7 Å². The van der Waals surface area contributed by atoms with Crippen molar-refractivity contribution in [3.8, 4) is 11.5 Å². The molecular formula is C19H13F2N5O2S. The van der Waals surface area contributed by atoms with E-state index in [2.05, 4.69) is 15.2 Å². The van der Waals surface area contributed by atoms with E-state index in [0.29, 0.717) is 11.5 Å². The van der Waals surface area contributed by atoms with Crippen molar-refractivity contribution in [2.75, 3.05) is 0 Å². The fourth-order valence-corrected chi connectivity index (χ4v) is 3.56. The van der Waals surface area contributed by atoms with Crippen LogP contribution in [0.2, 0.25) is 0 Å². The van der Waals surface area contributed by atoms with Gasteiger partial charge in [0, 0.05) is 18.0 Å². The first-order chi connectivity index (χ1) is 14.0. The SMILES string of the molecule is Cn1c(Sc2c(F)cc(C(=O)NO)cc2F)nnc1-c1ccc2ccccc2n1. The number of fused-ring (bicyclic) bond motifs is 1. The highest BCUT2D eigenvalue weighted by Gasteiger charge is 2.20. The molecule has 0 atom stereocenters. The Morgan fingerprint density at radius 1 is 1.10 bits per heavy atom. The molecule has 10 heteroatoms. The summed E-state index contributed by atoms with van der Waals surface area (Å²) in [7, 11) is 1.66. The molecule has 0 aliphatic heterocycles. The molecule has 0 spiro atoms. The molecule has 2 heterocycles. The van der Waals surface area contributed by atoms with Crippen LogP contribution in [-0.2, 0) is 7.05 Å². The number of benzene rings is 2. The maximum atomic E-state index is 14.3. The average Bonchev–Trinajstić information content (AvgIpc) is 3.09. The second kappa shape index (κ2) is 7.57. The van der Waals surface area contributed by atoms with Crippen molar-refractivity contribution in [1.82, 2.24) is 25.2 Å². The first-order valence-corrected chi connectivity index (χ1v) is 9.16. The largest absolute Gasteiger partial charge is 0.304 e. The molecule has 2 N–H and O–H groups in total. The highest BCUT2D eigenvalue weighted by Crippen LogP contribution is 2.33. The third kappa shape index (κ3) is 3.55. The Kier molecular flexibility index (Phi) is 4.95. The Bertz CT molecular complexity index is 1220. The van der Waals surface area contributed by atoms with Gasteiger partial charge in [-0.15, -0.1) is 10.2 Å². The lowest BCUT2D eigenvalue weighted by atomic mass is 10.2. The van der Waals surface area contributed by atoms with Crippen molar-refractivity contribution >= 4 is 28.6 Å². The van der Waals surface area contributed by atoms with E-state index in [0.717, 1.165) is 34.8 Å². The number of hydroxylamine groups is 1. The number of hydrogen-bond donors (Lipinski definition) is 2. The van der Waals surface area contributed by atoms with Crippen molar-refractivity contribution in [3.63, 3.8) is 0 Å². The Balaban J connectivity index is 1.68. The Labute approximate surface area is 167 Å². The summed E-state index contributed by atoms with van der Waals surface area (Å²) in [5.41, 5.74) is 2.35. The molecule has 0 radical (unpaired) electrons. The summed E-state index contributed by atoms with van der Waals surface area (Å²) in [4.78, 5) is 15.6. The molecule has 2 aromatic heterocycles. The fourth-order valence-electron chi connectivity index (χ4n) is 2.76. The third-order valence-corrected chi connectivity index (χ3v) is 5.35. The van der Waals surface area contributed by atoms with Gasteiger partial charge in [0.1, 0.15) is 17.3 Å². The van der Waals surface area contributed by atoms with Crippen LogP contribution in [0.4, 0.5) is 8.78 Å². The third-order valence-electron chi connectivity index (χ3n) is 4.22. The molecule has 0 saturated carbocycles. The number of pyridine rings is 1. The van der Waals surface area contributed by atoms with E-state index >= 15 is 0 Å². The molecule has 7 nitrogen and oxygen atoms in total. The number of nitrogens with one attached hydrogen (secondary N) is 1. The van der Waals surface area contributed by atoms with Gasteiger partial charge in [-0.2, -0.15) is 0 Å². The fraction of sp³-hybridized carbons (Fsp3) is 0.0526. The van der Waals surface area contributed by atoms with Crippen molar-refractivity contribution < 1.29 is 18.8 Å². The van der Waals surface area contributed by atoms with Gasteiger partial charge in [-0.3, -0.25) is 10.0 Å². The molecule has 1 amide bonds. The zero-order valence-electron chi connectivity index (χ0n) is 14.9. The number of nitrogens with zero attached hydrogens (tertiary/aromatic N) is 4. The zero-order chi connectivity index (χ0) is 20.5. The standard InChI is InChI=1S/C19H13F2N5O2S/c1-26-17(15-7-6-10-4-2-3-5-14(10)22-15)23-24-19(26)29-16-12(20)8-11(9-13(16)21)18(27)25-28/h2-9,28H,1H3,(H,25,27). The molecule has 0 aliphatic carbocycles. The lowest BCUT2D eigenvalue weighted by Gasteiger charge is -2.07. The van der Waals surface area contributed by atoms with Gasteiger partial charge in [-0.05, 0) is 36.0 Å². The minimum Gasteiger partial charge on any atom is -0.304 e. The van der Waals surface area contributed by atoms with E-state index < -0.39 is 17.5 Å². The lowest BCUT2D eigenvalue weighted by Crippen LogP contribution is -2.19. The summed E-state index contributed by atoms with van der Waals surface area (Å²) in [6, 6.07) is 13.0. The van der Waals surface area contributed by atoms with E-state index in [9.17, 15) is 13.6 Å². The number of para-hydroxylation sites is 1. The molecule has 146 valence electrons. The van der Waals surface area contributed by atoms with Crippen LogP contribution in [0.15, 0.2) is 58.6 Å². The number of rotatable bonds is 4. The molecule has 29 heavy (non-hydrogen) atoms. The topological polar surface area (TPSA) is 92.9 Å². The lowest BCUT2D eigenvalue weighted by molar-refractivity contribution is 0.0705. The number of hydrogen-bond acceptors (Lipinski definition) is 6. The normalized spacial score (nSPS) is 11.0. The quantitative estimate of drug-likeness (QED) is 0.392. The average molecular weight is 413 g/mol. The number of amides is 1. The van der Waals surface area contributed by atoms with Crippen LogP contribution in [0.1, 0.15) is 10.4 Å². The van der Waals surface area contributed by atoms with Crippen LogP contribution < -0.4 is 5.48 Å². The summed E-state index contributed by atoms with van der Waals surface area (Å²) < 4.78 is 30.3. The summed E-state index contributed by atoms with van der Waals surface area (Å²) in [5, 5.41) is 17.9. The van der Waals surface area contributed by atoms with Crippen LogP contribution in [0.3, 0.4) is 0 Å². The van der Waals surface area contributed by atoms with Gasteiger partial charge in [0.15, 0.2) is 11.0 Å². The molecule has 2 aromatic carbocycles.